The van der Waals surface area contributed by atoms with Gasteiger partial charge in [0, 0.05) is 6.20 Å². The molecule has 0 spiro atoms. The van der Waals surface area contributed by atoms with Crippen molar-refractivity contribution < 1.29 is 4.74 Å². The van der Waals surface area contributed by atoms with Crippen molar-refractivity contribution in [3.63, 3.8) is 0 Å². The molecule has 13 heavy (non-hydrogen) atoms. The maximum Gasteiger partial charge on any atom is 0.138 e. The molecule has 0 saturated heterocycles. The van der Waals surface area contributed by atoms with E-state index in [0.29, 0.717) is 0 Å². The smallest absolute Gasteiger partial charge is 0.138 e. The first-order chi connectivity index (χ1) is 6.09. The van der Waals surface area contributed by atoms with Crippen molar-refractivity contribution in [1.82, 2.24) is 4.98 Å². The van der Waals surface area contributed by atoms with Crippen molar-refractivity contribution in [2.24, 2.45) is 0 Å². The number of aromatic nitrogens is 1. The van der Waals surface area contributed by atoms with Crippen molar-refractivity contribution in [3.05, 3.63) is 30.6 Å². The Morgan fingerprint density at radius 3 is 2.69 bits per heavy atom. The number of pyridine rings is 1. The second-order valence-corrected chi connectivity index (χ2v) is 3.36. The van der Waals surface area contributed by atoms with Crippen LogP contribution in [0.2, 0.25) is 0 Å². The standard InChI is InChI=1S/C11H15NO/c1-8(2)10-5-11(7-12-6-10)13-9(3)4/h5-7,9H,1H2,2-4H3. The van der Waals surface area contributed by atoms with E-state index in [1.165, 1.54) is 0 Å². The van der Waals surface area contributed by atoms with Gasteiger partial charge in [-0.3, -0.25) is 4.98 Å². The van der Waals surface area contributed by atoms with Gasteiger partial charge in [-0.1, -0.05) is 6.58 Å². The number of rotatable bonds is 3. The summed E-state index contributed by atoms with van der Waals surface area (Å²) in [5, 5.41) is 0. The minimum atomic E-state index is 0.183. The summed E-state index contributed by atoms with van der Waals surface area (Å²) in [5.74, 6) is 0.801. The third kappa shape index (κ3) is 2.90. The van der Waals surface area contributed by atoms with E-state index in [-0.39, 0.29) is 6.10 Å². The Balaban J connectivity index is 2.85. The largest absolute Gasteiger partial charge is 0.489 e. The maximum atomic E-state index is 5.50. The van der Waals surface area contributed by atoms with Crippen LogP contribution in [-0.2, 0) is 0 Å². The Morgan fingerprint density at radius 2 is 2.15 bits per heavy atom. The molecule has 0 amide bonds. The molecule has 2 heteroatoms. The third-order valence-corrected chi connectivity index (χ3v) is 1.58. The van der Waals surface area contributed by atoms with Gasteiger partial charge >= 0.3 is 0 Å². The van der Waals surface area contributed by atoms with E-state index in [1.807, 2.05) is 26.8 Å². The molecule has 0 radical (unpaired) electrons. The zero-order chi connectivity index (χ0) is 9.84. The van der Waals surface area contributed by atoms with Crippen molar-refractivity contribution in [3.8, 4) is 5.75 Å². The fourth-order valence-electron chi connectivity index (χ4n) is 0.989. The van der Waals surface area contributed by atoms with Gasteiger partial charge in [0.1, 0.15) is 5.75 Å². The van der Waals surface area contributed by atoms with Gasteiger partial charge in [0.15, 0.2) is 0 Å². The van der Waals surface area contributed by atoms with Gasteiger partial charge in [0.2, 0.25) is 0 Å². The molecule has 70 valence electrons. The van der Waals surface area contributed by atoms with Crippen LogP contribution in [0.4, 0.5) is 0 Å². The normalized spacial score (nSPS) is 10.2. The van der Waals surface area contributed by atoms with Crippen LogP contribution in [0.25, 0.3) is 5.57 Å². The molecule has 0 fully saturated rings. The number of allylic oxidation sites excluding steroid dienone is 1. The van der Waals surface area contributed by atoms with Crippen LogP contribution >= 0.6 is 0 Å². The van der Waals surface area contributed by atoms with Gasteiger partial charge in [0.05, 0.1) is 12.3 Å². The molecule has 1 aromatic heterocycles. The molecule has 2 nitrogen and oxygen atoms in total. The lowest BCUT2D eigenvalue weighted by atomic mass is 10.1. The van der Waals surface area contributed by atoms with E-state index in [0.717, 1.165) is 16.9 Å². The summed E-state index contributed by atoms with van der Waals surface area (Å²) >= 11 is 0. The molecule has 1 aromatic rings. The first kappa shape index (κ1) is 9.78. The molecule has 0 atom stereocenters. The Hall–Kier alpha value is -1.31. The molecular formula is C11H15NO. The van der Waals surface area contributed by atoms with Crippen molar-refractivity contribution >= 4 is 5.57 Å². The molecule has 0 N–H and O–H groups in total. The van der Waals surface area contributed by atoms with Crippen LogP contribution in [0.15, 0.2) is 25.0 Å². The Labute approximate surface area is 79.3 Å². The molecule has 1 rings (SSSR count). The highest BCUT2D eigenvalue weighted by Gasteiger charge is 2.00. The SMILES string of the molecule is C=C(C)c1cncc(OC(C)C)c1. The van der Waals surface area contributed by atoms with Crippen LogP contribution in [0.5, 0.6) is 5.75 Å². The summed E-state index contributed by atoms with van der Waals surface area (Å²) in [6.07, 6.45) is 3.68. The predicted molar refractivity (Wildman–Crippen MR) is 54.7 cm³/mol. The fourth-order valence-corrected chi connectivity index (χ4v) is 0.989. The van der Waals surface area contributed by atoms with Gasteiger partial charge < -0.3 is 4.74 Å². The molecule has 1 heterocycles. The monoisotopic (exact) mass is 177 g/mol. The predicted octanol–water partition coefficient (Wildman–Crippen LogP) is 2.90. The quantitative estimate of drug-likeness (QED) is 0.708. The van der Waals surface area contributed by atoms with Crippen LogP contribution in [0, 0.1) is 0 Å². The van der Waals surface area contributed by atoms with E-state index in [4.69, 9.17) is 4.74 Å². The highest BCUT2D eigenvalue weighted by molar-refractivity contribution is 5.61. The summed E-state index contributed by atoms with van der Waals surface area (Å²) < 4.78 is 5.50. The van der Waals surface area contributed by atoms with E-state index in [1.54, 1.807) is 12.4 Å². The summed E-state index contributed by atoms with van der Waals surface area (Å²) in [6.45, 7) is 9.79. The Morgan fingerprint density at radius 1 is 1.46 bits per heavy atom. The van der Waals surface area contributed by atoms with Crippen molar-refractivity contribution in [2.75, 3.05) is 0 Å². The van der Waals surface area contributed by atoms with Gasteiger partial charge in [-0.2, -0.15) is 0 Å². The molecule has 0 aliphatic rings. The second kappa shape index (κ2) is 4.08. The minimum Gasteiger partial charge on any atom is -0.489 e. The lowest BCUT2D eigenvalue weighted by molar-refractivity contribution is 0.241. The van der Waals surface area contributed by atoms with Gasteiger partial charge in [-0.15, -0.1) is 0 Å². The minimum absolute atomic E-state index is 0.183. The highest BCUT2D eigenvalue weighted by atomic mass is 16.5. The highest BCUT2D eigenvalue weighted by Crippen LogP contribution is 2.17. The first-order valence-corrected chi connectivity index (χ1v) is 4.37. The van der Waals surface area contributed by atoms with Crippen LogP contribution in [0.1, 0.15) is 26.3 Å². The van der Waals surface area contributed by atoms with E-state index >= 15 is 0 Å². The molecule has 0 aromatic carbocycles. The lowest BCUT2D eigenvalue weighted by Crippen LogP contribution is -2.05. The zero-order valence-electron chi connectivity index (χ0n) is 8.37. The van der Waals surface area contributed by atoms with Crippen LogP contribution in [0.3, 0.4) is 0 Å². The Kier molecular flexibility index (Phi) is 3.07. The molecule has 0 unspecified atom stereocenters. The molecule has 0 saturated carbocycles. The summed E-state index contributed by atoms with van der Waals surface area (Å²) in [6, 6.07) is 1.95. The molecule has 0 aliphatic carbocycles. The summed E-state index contributed by atoms with van der Waals surface area (Å²) in [5.41, 5.74) is 2.03. The second-order valence-electron chi connectivity index (χ2n) is 3.36. The summed E-state index contributed by atoms with van der Waals surface area (Å²) in [4.78, 5) is 4.07. The number of nitrogens with zero attached hydrogens (tertiary/aromatic N) is 1. The Bertz CT molecular complexity index is 305. The number of ether oxygens (including phenoxy) is 1. The van der Waals surface area contributed by atoms with Crippen molar-refractivity contribution in [2.45, 2.75) is 26.9 Å². The number of hydrogen-bond donors (Lipinski definition) is 0. The lowest BCUT2D eigenvalue weighted by Gasteiger charge is -2.09. The van der Waals surface area contributed by atoms with Gasteiger partial charge in [-0.25, -0.2) is 0 Å². The molecular weight excluding hydrogens is 162 g/mol. The summed E-state index contributed by atoms with van der Waals surface area (Å²) in [7, 11) is 0. The maximum absolute atomic E-state index is 5.50. The van der Waals surface area contributed by atoms with Crippen molar-refractivity contribution in [1.29, 1.82) is 0 Å². The van der Waals surface area contributed by atoms with Crippen LogP contribution < -0.4 is 4.74 Å². The van der Waals surface area contributed by atoms with Crippen LogP contribution in [-0.4, -0.2) is 11.1 Å². The zero-order valence-corrected chi connectivity index (χ0v) is 8.37. The topological polar surface area (TPSA) is 22.1 Å². The average Bonchev–Trinajstić information content (AvgIpc) is 2.03. The van der Waals surface area contributed by atoms with Gasteiger partial charge in [0.25, 0.3) is 0 Å². The first-order valence-electron chi connectivity index (χ1n) is 4.37. The average molecular weight is 177 g/mol. The molecule has 0 aliphatic heterocycles. The van der Waals surface area contributed by atoms with E-state index in [2.05, 4.69) is 11.6 Å². The molecule has 0 bridgehead atoms. The van der Waals surface area contributed by atoms with E-state index in [9.17, 15) is 0 Å². The van der Waals surface area contributed by atoms with E-state index < -0.39 is 0 Å². The number of hydrogen-bond acceptors (Lipinski definition) is 2. The third-order valence-electron chi connectivity index (χ3n) is 1.58. The fraction of sp³-hybridized carbons (Fsp3) is 0.364. The van der Waals surface area contributed by atoms with Gasteiger partial charge in [-0.05, 0) is 38.0 Å².